The summed E-state index contributed by atoms with van der Waals surface area (Å²) in [4.78, 5) is 24.9. The molecular weight excluding hydrogens is 387 g/mol. The van der Waals surface area contributed by atoms with Gasteiger partial charge in [-0.3, -0.25) is 9.59 Å². The van der Waals surface area contributed by atoms with E-state index < -0.39 is 11.5 Å². The molecule has 0 aliphatic heterocycles. The fraction of sp³-hybridized carbons (Fsp3) is 0.368. The van der Waals surface area contributed by atoms with Crippen molar-refractivity contribution in [2.24, 2.45) is 0 Å². The highest BCUT2D eigenvalue weighted by Crippen LogP contribution is 2.26. The molecule has 0 fully saturated rings. The zero-order chi connectivity index (χ0) is 20.1. The minimum absolute atomic E-state index is 0.0472. The highest BCUT2D eigenvalue weighted by atomic mass is 35.5. The number of carbonyl (C=O) groups is 1. The van der Waals surface area contributed by atoms with Crippen LogP contribution in [-0.4, -0.2) is 15.7 Å². The average Bonchev–Trinajstić information content (AvgIpc) is 2.62. The zero-order valence-corrected chi connectivity index (χ0v) is 16.9. The van der Waals surface area contributed by atoms with E-state index in [4.69, 9.17) is 23.2 Å². The number of carbonyl (C=O) groups excluding carboxylic acids is 1. The molecule has 6 nitrogen and oxygen atoms in total. The normalized spacial score (nSPS) is 11.7. The maximum absolute atomic E-state index is 12.5. The molecule has 0 aliphatic carbocycles. The minimum atomic E-state index is -0.557. The zero-order valence-electron chi connectivity index (χ0n) is 15.3. The van der Waals surface area contributed by atoms with Gasteiger partial charge >= 0.3 is 0 Å². The second-order valence-corrected chi connectivity index (χ2v) is 6.88. The Morgan fingerprint density at radius 2 is 2.04 bits per heavy atom. The predicted molar refractivity (Wildman–Crippen MR) is 105 cm³/mol. The lowest BCUT2D eigenvalue weighted by Gasteiger charge is -2.17. The highest BCUT2D eigenvalue weighted by molar-refractivity contribution is 6.35. The van der Waals surface area contributed by atoms with E-state index in [1.54, 1.807) is 25.1 Å². The molecule has 2 rings (SSSR count). The van der Waals surface area contributed by atoms with E-state index in [0.29, 0.717) is 39.7 Å². The molecule has 0 radical (unpaired) electrons. The molecule has 1 aromatic heterocycles. The Kier molecular flexibility index (Phi) is 7.00. The second-order valence-electron chi connectivity index (χ2n) is 6.04. The Bertz CT molecular complexity index is 963. The van der Waals surface area contributed by atoms with Crippen LogP contribution in [0.4, 0.5) is 0 Å². The lowest BCUT2D eigenvalue weighted by atomic mass is 10.0. The lowest BCUT2D eigenvalue weighted by molar-refractivity contribution is -0.122. The number of nitrogens with zero attached hydrogens (tertiary/aromatic N) is 3. The van der Waals surface area contributed by atoms with Gasteiger partial charge in [-0.2, -0.15) is 10.4 Å². The monoisotopic (exact) mass is 406 g/mol. The number of aromatic nitrogens is 2. The van der Waals surface area contributed by atoms with Crippen LogP contribution in [0.5, 0.6) is 0 Å². The quantitative estimate of drug-likeness (QED) is 0.795. The summed E-state index contributed by atoms with van der Waals surface area (Å²) in [6.45, 7) is 5.26. The predicted octanol–water partition coefficient (Wildman–Crippen LogP) is 3.42. The Labute approximate surface area is 167 Å². The summed E-state index contributed by atoms with van der Waals surface area (Å²) in [6, 6.07) is 6.59. The van der Waals surface area contributed by atoms with Crippen LogP contribution in [0.1, 0.15) is 49.2 Å². The fourth-order valence-electron chi connectivity index (χ4n) is 2.89. The van der Waals surface area contributed by atoms with E-state index in [1.807, 2.05) is 19.9 Å². The van der Waals surface area contributed by atoms with Crippen molar-refractivity contribution in [3.63, 3.8) is 0 Å². The Hall–Kier alpha value is -2.36. The third-order valence-corrected chi connectivity index (χ3v) is 4.80. The largest absolute Gasteiger partial charge is 0.348 e. The van der Waals surface area contributed by atoms with Gasteiger partial charge in [-0.15, -0.1) is 0 Å². The molecule has 1 aromatic carbocycles. The van der Waals surface area contributed by atoms with Gasteiger partial charge in [0, 0.05) is 10.0 Å². The van der Waals surface area contributed by atoms with Crippen LogP contribution in [0, 0.1) is 11.3 Å². The molecule has 1 N–H and O–H groups in total. The molecule has 142 valence electrons. The van der Waals surface area contributed by atoms with E-state index in [2.05, 4.69) is 10.4 Å². The van der Waals surface area contributed by atoms with Gasteiger partial charge < -0.3 is 5.32 Å². The van der Waals surface area contributed by atoms with Crippen molar-refractivity contribution in [3.05, 3.63) is 61.0 Å². The van der Waals surface area contributed by atoms with E-state index in [0.717, 1.165) is 4.68 Å². The number of hydrogen-bond acceptors (Lipinski definition) is 4. The van der Waals surface area contributed by atoms with Gasteiger partial charge in [0.25, 0.3) is 5.56 Å². The summed E-state index contributed by atoms with van der Waals surface area (Å²) in [5.41, 5.74) is 1.49. The van der Waals surface area contributed by atoms with Crippen molar-refractivity contribution >= 4 is 29.1 Å². The molecule has 1 unspecified atom stereocenters. The topological polar surface area (TPSA) is 87.8 Å². The van der Waals surface area contributed by atoms with Gasteiger partial charge in [-0.25, -0.2) is 4.68 Å². The molecule has 1 amide bonds. The smallest absolute Gasteiger partial charge is 0.285 e. The van der Waals surface area contributed by atoms with Gasteiger partial charge in [0.15, 0.2) is 0 Å². The summed E-state index contributed by atoms with van der Waals surface area (Å²) in [6.07, 6.45) is 1.10. The first-order valence-corrected chi connectivity index (χ1v) is 9.35. The second kappa shape index (κ2) is 9.03. The first kappa shape index (κ1) is 20.9. The number of nitrogens with one attached hydrogen (secondary N) is 1. The number of hydrogen-bond donors (Lipinski definition) is 1. The van der Waals surface area contributed by atoms with Crippen molar-refractivity contribution in [2.75, 3.05) is 0 Å². The van der Waals surface area contributed by atoms with Crippen LogP contribution in [0.25, 0.3) is 0 Å². The molecule has 8 heteroatoms. The van der Waals surface area contributed by atoms with Crippen molar-refractivity contribution in [1.82, 2.24) is 15.1 Å². The van der Waals surface area contributed by atoms with Gasteiger partial charge in [-0.05, 0) is 43.0 Å². The number of benzene rings is 1. The summed E-state index contributed by atoms with van der Waals surface area (Å²) >= 11 is 12.1. The summed E-state index contributed by atoms with van der Waals surface area (Å²) < 4.78 is 1.04. The molecule has 0 aliphatic rings. The van der Waals surface area contributed by atoms with Crippen molar-refractivity contribution in [2.45, 2.75) is 46.2 Å². The molecule has 0 saturated carbocycles. The number of nitriles is 1. The molecule has 0 bridgehead atoms. The van der Waals surface area contributed by atoms with Crippen molar-refractivity contribution in [1.29, 1.82) is 5.26 Å². The Balaban J connectivity index is 2.25. The molecular formula is C19H20Cl2N4O2. The molecule has 1 heterocycles. The molecule has 0 saturated heterocycles. The number of amides is 1. The van der Waals surface area contributed by atoms with Crippen LogP contribution in [0.3, 0.4) is 0 Å². The van der Waals surface area contributed by atoms with Gasteiger partial charge in [0.2, 0.25) is 5.91 Å². The van der Waals surface area contributed by atoms with Gasteiger partial charge in [0.1, 0.15) is 18.2 Å². The first-order valence-electron chi connectivity index (χ1n) is 8.59. The maximum Gasteiger partial charge on any atom is 0.285 e. The summed E-state index contributed by atoms with van der Waals surface area (Å²) in [5.74, 6) is -0.404. The van der Waals surface area contributed by atoms with Crippen molar-refractivity contribution < 1.29 is 4.79 Å². The number of aryl methyl sites for hydroxylation is 1. The molecule has 27 heavy (non-hydrogen) atoms. The number of rotatable bonds is 6. The SMILES string of the molecule is CCc1nn(CC(=O)NC(C)c2ccc(Cl)cc2Cl)c(=O)c(C#N)c1CC. The fourth-order valence-corrected chi connectivity index (χ4v) is 3.47. The van der Waals surface area contributed by atoms with Crippen molar-refractivity contribution in [3.8, 4) is 6.07 Å². The van der Waals surface area contributed by atoms with Crippen LogP contribution in [-0.2, 0) is 24.2 Å². The van der Waals surface area contributed by atoms with Crippen LogP contribution < -0.4 is 10.9 Å². The Morgan fingerprint density at radius 3 is 2.59 bits per heavy atom. The van der Waals surface area contributed by atoms with Gasteiger partial charge in [0.05, 0.1) is 11.7 Å². The molecule has 2 aromatic rings. The third kappa shape index (κ3) is 4.68. The number of halogens is 2. The lowest BCUT2D eigenvalue weighted by Crippen LogP contribution is -2.37. The third-order valence-electron chi connectivity index (χ3n) is 4.24. The average molecular weight is 407 g/mol. The van der Waals surface area contributed by atoms with E-state index >= 15 is 0 Å². The standard InChI is InChI=1S/C19H20Cl2N4O2/c1-4-13-15(9-22)19(27)25(24-17(13)5-2)10-18(26)23-11(3)14-7-6-12(20)8-16(14)21/h6-8,11H,4-5,10H2,1-3H3,(H,23,26). The maximum atomic E-state index is 12.5. The molecule has 1 atom stereocenters. The van der Waals surface area contributed by atoms with Crippen LogP contribution >= 0.6 is 23.2 Å². The minimum Gasteiger partial charge on any atom is -0.348 e. The summed E-state index contributed by atoms with van der Waals surface area (Å²) in [7, 11) is 0. The van der Waals surface area contributed by atoms with Gasteiger partial charge in [-0.1, -0.05) is 43.1 Å². The Morgan fingerprint density at radius 1 is 1.33 bits per heavy atom. The first-order chi connectivity index (χ1) is 12.8. The van der Waals surface area contributed by atoms with E-state index in [-0.39, 0.29) is 18.2 Å². The summed E-state index contributed by atoms with van der Waals surface area (Å²) in [5, 5.41) is 17.3. The molecule has 0 spiro atoms. The highest BCUT2D eigenvalue weighted by Gasteiger charge is 2.18. The van der Waals surface area contributed by atoms with E-state index in [1.165, 1.54) is 0 Å². The van der Waals surface area contributed by atoms with E-state index in [9.17, 15) is 14.9 Å². The van der Waals surface area contributed by atoms with Crippen LogP contribution in [0.15, 0.2) is 23.0 Å². The van der Waals surface area contributed by atoms with Crippen LogP contribution in [0.2, 0.25) is 10.0 Å².